The molecule has 2 aromatic rings. The maximum absolute atomic E-state index is 13.3. The van der Waals surface area contributed by atoms with Crippen molar-refractivity contribution in [3.63, 3.8) is 0 Å². The third-order valence-corrected chi connectivity index (χ3v) is 7.45. The number of carbonyl (C=O) groups excluding carboxylic acids is 1. The van der Waals surface area contributed by atoms with Gasteiger partial charge in [-0.15, -0.1) is 11.3 Å². The van der Waals surface area contributed by atoms with Crippen LogP contribution in [0.5, 0.6) is 0 Å². The standard InChI is InChI=1S/C23H32N4OS/c1-4-27-14-17(16(3)26-27)13-24-23-21(19-11-10-15(2)12-20(19)29-23)22(28)25-18-8-6-5-7-9-18/h13-15,18H,4-12H2,1-3H3,(H,25,28)/b24-13+. The highest BCUT2D eigenvalue weighted by Gasteiger charge is 2.28. The SMILES string of the molecule is CCn1cc(/C=N/c2sc3c(c2C(=O)NC2CCCCC2)CCC(C)C3)c(C)n1. The second-order valence-electron chi connectivity index (χ2n) is 8.62. The summed E-state index contributed by atoms with van der Waals surface area (Å²) in [5.74, 6) is 0.759. The molecule has 0 aromatic carbocycles. The molecule has 2 aromatic heterocycles. The van der Waals surface area contributed by atoms with E-state index in [1.54, 1.807) is 11.3 Å². The van der Waals surface area contributed by atoms with Gasteiger partial charge in [-0.3, -0.25) is 9.48 Å². The van der Waals surface area contributed by atoms with Gasteiger partial charge in [0, 0.05) is 35.4 Å². The number of thiophene rings is 1. The normalized spacial score (nSPS) is 20.2. The number of nitrogens with one attached hydrogen (secondary N) is 1. The minimum absolute atomic E-state index is 0.0806. The number of carbonyl (C=O) groups is 1. The molecule has 5 nitrogen and oxygen atoms in total. The first-order valence-corrected chi connectivity index (χ1v) is 11.9. The van der Waals surface area contributed by atoms with Crippen molar-refractivity contribution in [3.8, 4) is 0 Å². The van der Waals surface area contributed by atoms with Crippen LogP contribution in [0.4, 0.5) is 5.00 Å². The third kappa shape index (κ3) is 4.47. The van der Waals surface area contributed by atoms with Crippen LogP contribution in [0.15, 0.2) is 11.2 Å². The van der Waals surface area contributed by atoms with Gasteiger partial charge in [0.25, 0.3) is 5.91 Å². The summed E-state index contributed by atoms with van der Waals surface area (Å²) < 4.78 is 1.93. The Morgan fingerprint density at radius 3 is 2.86 bits per heavy atom. The Hall–Kier alpha value is -1.95. The fourth-order valence-corrected chi connectivity index (χ4v) is 5.87. The average molecular weight is 413 g/mol. The molecular formula is C23H32N4OS. The number of hydrogen-bond acceptors (Lipinski definition) is 4. The smallest absolute Gasteiger partial charge is 0.254 e. The van der Waals surface area contributed by atoms with Crippen molar-refractivity contribution in [1.82, 2.24) is 15.1 Å². The van der Waals surface area contributed by atoms with Gasteiger partial charge in [-0.05, 0) is 57.4 Å². The van der Waals surface area contributed by atoms with Crippen LogP contribution < -0.4 is 5.32 Å². The molecule has 1 unspecified atom stereocenters. The van der Waals surface area contributed by atoms with Gasteiger partial charge in [0.1, 0.15) is 5.00 Å². The first kappa shape index (κ1) is 20.3. The zero-order valence-electron chi connectivity index (χ0n) is 17.8. The summed E-state index contributed by atoms with van der Waals surface area (Å²) in [4.78, 5) is 19.4. The molecular weight excluding hydrogens is 380 g/mol. The van der Waals surface area contributed by atoms with Crippen molar-refractivity contribution < 1.29 is 4.79 Å². The number of amides is 1. The second-order valence-corrected chi connectivity index (χ2v) is 9.71. The van der Waals surface area contributed by atoms with Crippen molar-refractivity contribution >= 4 is 28.5 Å². The number of hydrogen-bond donors (Lipinski definition) is 1. The molecule has 6 heteroatoms. The van der Waals surface area contributed by atoms with E-state index in [-0.39, 0.29) is 5.91 Å². The molecule has 2 aliphatic carbocycles. The molecule has 29 heavy (non-hydrogen) atoms. The number of aromatic nitrogens is 2. The van der Waals surface area contributed by atoms with Crippen LogP contribution in [-0.4, -0.2) is 27.9 Å². The highest BCUT2D eigenvalue weighted by molar-refractivity contribution is 7.16. The molecule has 1 N–H and O–H groups in total. The van der Waals surface area contributed by atoms with Crippen LogP contribution in [0, 0.1) is 12.8 Å². The number of aliphatic imine (C=N–C) groups is 1. The van der Waals surface area contributed by atoms with Crippen LogP contribution in [-0.2, 0) is 19.4 Å². The molecule has 156 valence electrons. The van der Waals surface area contributed by atoms with E-state index in [1.807, 2.05) is 24.0 Å². The lowest BCUT2D eigenvalue weighted by Gasteiger charge is -2.23. The van der Waals surface area contributed by atoms with Crippen LogP contribution in [0.25, 0.3) is 0 Å². The highest BCUT2D eigenvalue weighted by atomic mass is 32.1. The highest BCUT2D eigenvalue weighted by Crippen LogP contribution is 2.41. The van der Waals surface area contributed by atoms with E-state index in [0.29, 0.717) is 12.0 Å². The van der Waals surface area contributed by atoms with Gasteiger partial charge in [-0.2, -0.15) is 5.10 Å². The minimum Gasteiger partial charge on any atom is -0.349 e. The number of rotatable bonds is 5. The quantitative estimate of drug-likeness (QED) is 0.685. The fraction of sp³-hybridized carbons (Fsp3) is 0.609. The van der Waals surface area contributed by atoms with Crippen LogP contribution in [0.1, 0.15) is 84.4 Å². The first-order chi connectivity index (χ1) is 14.0. The zero-order chi connectivity index (χ0) is 20.4. The van der Waals surface area contributed by atoms with Crippen molar-refractivity contribution in [2.75, 3.05) is 0 Å². The summed E-state index contributed by atoms with van der Waals surface area (Å²) in [6.07, 6.45) is 13.0. The van der Waals surface area contributed by atoms with Gasteiger partial charge in [0.15, 0.2) is 0 Å². The van der Waals surface area contributed by atoms with E-state index in [4.69, 9.17) is 4.99 Å². The van der Waals surface area contributed by atoms with E-state index in [0.717, 1.165) is 60.5 Å². The Labute approximate surface area is 177 Å². The molecule has 0 radical (unpaired) electrons. The molecule has 0 aliphatic heterocycles. The predicted octanol–water partition coefficient (Wildman–Crippen LogP) is 5.21. The van der Waals surface area contributed by atoms with E-state index in [2.05, 4.69) is 24.3 Å². The van der Waals surface area contributed by atoms with Gasteiger partial charge < -0.3 is 5.32 Å². The Kier molecular flexibility index (Phi) is 6.18. The molecule has 1 atom stereocenters. The van der Waals surface area contributed by atoms with E-state index < -0.39 is 0 Å². The first-order valence-electron chi connectivity index (χ1n) is 11.1. The fourth-order valence-electron chi connectivity index (χ4n) is 4.52. The van der Waals surface area contributed by atoms with Gasteiger partial charge in [0.2, 0.25) is 0 Å². The van der Waals surface area contributed by atoms with Gasteiger partial charge in [-0.25, -0.2) is 4.99 Å². The average Bonchev–Trinajstić information content (AvgIpc) is 3.26. The second kappa shape index (κ2) is 8.82. The molecule has 1 saturated carbocycles. The number of nitrogens with zero attached hydrogens (tertiary/aromatic N) is 3. The Morgan fingerprint density at radius 1 is 1.34 bits per heavy atom. The van der Waals surface area contributed by atoms with Crippen molar-refractivity contribution in [2.45, 2.75) is 84.7 Å². The maximum atomic E-state index is 13.3. The van der Waals surface area contributed by atoms with Crippen molar-refractivity contribution in [3.05, 3.63) is 33.5 Å². The lowest BCUT2D eigenvalue weighted by Crippen LogP contribution is -2.36. The molecule has 0 spiro atoms. The number of aryl methyl sites for hydroxylation is 2. The van der Waals surface area contributed by atoms with Gasteiger partial charge in [0.05, 0.1) is 11.3 Å². The molecule has 2 heterocycles. The maximum Gasteiger partial charge on any atom is 0.254 e. The van der Waals surface area contributed by atoms with Crippen LogP contribution in [0.3, 0.4) is 0 Å². The summed E-state index contributed by atoms with van der Waals surface area (Å²) >= 11 is 1.71. The van der Waals surface area contributed by atoms with Gasteiger partial charge in [-0.1, -0.05) is 26.2 Å². The molecule has 4 rings (SSSR count). The zero-order valence-corrected chi connectivity index (χ0v) is 18.6. The summed E-state index contributed by atoms with van der Waals surface area (Å²) in [5, 5.41) is 8.69. The Balaban J connectivity index is 1.64. The van der Waals surface area contributed by atoms with Crippen LogP contribution in [0.2, 0.25) is 0 Å². The lowest BCUT2D eigenvalue weighted by molar-refractivity contribution is 0.0927. The molecule has 0 saturated heterocycles. The summed E-state index contributed by atoms with van der Waals surface area (Å²) in [7, 11) is 0. The lowest BCUT2D eigenvalue weighted by atomic mass is 9.88. The minimum atomic E-state index is 0.0806. The summed E-state index contributed by atoms with van der Waals surface area (Å²) in [6.45, 7) is 7.23. The third-order valence-electron chi connectivity index (χ3n) is 6.29. The molecule has 0 bridgehead atoms. The van der Waals surface area contributed by atoms with E-state index in [9.17, 15) is 4.79 Å². The monoisotopic (exact) mass is 412 g/mol. The summed E-state index contributed by atoms with van der Waals surface area (Å²) in [5.41, 5.74) is 4.07. The van der Waals surface area contributed by atoms with E-state index >= 15 is 0 Å². The largest absolute Gasteiger partial charge is 0.349 e. The predicted molar refractivity (Wildman–Crippen MR) is 120 cm³/mol. The van der Waals surface area contributed by atoms with E-state index in [1.165, 1.54) is 29.7 Å². The number of fused-ring (bicyclic) bond motifs is 1. The summed E-state index contributed by atoms with van der Waals surface area (Å²) in [6, 6.07) is 0.316. The van der Waals surface area contributed by atoms with Crippen molar-refractivity contribution in [1.29, 1.82) is 0 Å². The molecule has 1 amide bonds. The Bertz CT molecular complexity index is 904. The van der Waals surface area contributed by atoms with Crippen molar-refractivity contribution in [2.24, 2.45) is 10.9 Å². The van der Waals surface area contributed by atoms with Crippen LogP contribution >= 0.6 is 11.3 Å². The molecule has 2 aliphatic rings. The topological polar surface area (TPSA) is 59.3 Å². The molecule has 1 fully saturated rings. The Morgan fingerprint density at radius 2 is 2.14 bits per heavy atom. The van der Waals surface area contributed by atoms with Gasteiger partial charge >= 0.3 is 0 Å².